The molecule has 0 radical (unpaired) electrons. The summed E-state index contributed by atoms with van der Waals surface area (Å²) in [5, 5.41) is 2.46. The number of halogens is 5. The second-order valence-electron chi connectivity index (χ2n) is 5.11. The average Bonchev–Trinajstić information content (AvgIpc) is 2.87. The first-order valence-corrected chi connectivity index (χ1v) is 7.80. The Balaban J connectivity index is 2.09. The molecule has 136 valence electrons. The Hall–Kier alpha value is -2.07. The number of alkyl halides is 3. The Kier molecular flexibility index (Phi) is 5.73. The van der Waals surface area contributed by atoms with Crippen LogP contribution in [-0.2, 0) is 9.53 Å². The zero-order valence-corrected chi connectivity index (χ0v) is 13.9. The molecule has 1 atom stereocenters. The molecule has 0 fully saturated rings. The average molecular weight is 380 g/mol. The molecule has 1 heterocycles. The van der Waals surface area contributed by atoms with Crippen molar-refractivity contribution in [1.82, 2.24) is 4.98 Å². The molecular formula is C15H13F5N2O2S. The van der Waals surface area contributed by atoms with Crippen LogP contribution >= 0.6 is 11.3 Å². The number of hydrogen-bond acceptors (Lipinski definition) is 4. The van der Waals surface area contributed by atoms with Gasteiger partial charge in [0.25, 0.3) is 5.91 Å². The largest absolute Gasteiger partial charge is 0.411 e. The number of aromatic nitrogens is 1. The highest BCUT2D eigenvalue weighted by Gasteiger charge is 2.30. The van der Waals surface area contributed by atoms with E-state index in [1.165, 1.54) is 13.0 Å². The number of ether oxygens (including phenoxy) is 1. The van der Waals surface area contributed by atoms with E-state index in [0.29, 0.717) is 16.1 Å². The molecule has 2 rings (SSSR count). The number of hydrogen-bond donors (Lipinski definition) is 1. The van der Waals surface area contributed by atoms with Gasteiger partial charge >= 0.3 is 6.18 Å². The Bertz CT molecular complexity index is 776. The topological polar surface area (TPSA) is 51.2 Å². The van der Waals surface area contributed by atoms with Crippen LogP contribution < -0.4 is 5.32 Å². The number of rotatable bonds is 5. The lowest BCUT2D eigenvalue weighted by atomic mass is 10.1. The predicted octanol–water partition coefficient (Wildman–Crippen LogP) is 4.30. The van der Waals surface area contributed by atoms with Gasteiger partial charge in [0.05, 0.1) is 5.69 Å². The van der Waals surface area contributed by atoms with E-state index < -0.39 is 36.4 Å². The standard InChI is InChI=1S/C15H13F5N2O2S/c1-7(24-6-15(18,19)20)13(23)22-14-21-12(8(2)25-14)9-3-4-10(16)11(17)5-9/h3-5,7H,6H2,1-2H3,(H,21,22,23). The maximum Gasteiger partial charge on any atom is 0.411 e. The monoisotopic (exact) mass is 380 g/mol. The van der Waals surface area contributed by atoms with Gasteiger partial charge in [-0.1, -0.05) is 0 Å². The number of amides is 1. The Labute approximate surface area is 143 Å². The summed E-state index contributed by atoms with van der Waals surface area (Å²) in [5.41, 5.74) is 0.651. The van der Waals surface area contributed by atoms with E-state index >= 15 is 0 Å². The molecule has 0 bridgehead atoms. The lowest BCUT2D eigenvalue weighted by molar-refractivity contribution is -0.184. The molecule has 2 aromatic rings. The van der Waals surface area contributed by atoms with Crippen LogP contribution in [0, 0.1) is 18.6 Å². The Morgan fingerprint density at radius 3 is 2.60 bits per heavy atom. The number of carbonyl (C=O) groups excluding carboxylic acids is 1. The van der Waals surface area contributed by atoms with Crippen molar-refractivity contribution in [2.75, 3.05) is 11.9 Å². The van der Waals surface area contributed by atoms with Crippen LogP contribution in [0.4, 0.5) is 27.1 Å². The van der Waals surface area contributed by atoms with Gasteiger partial charge < -0.3 is 4.74 Å². The van der Waals surface area contributed by atoms with Crippen LogP contribution in [0.25, 0.3) is 11.3 Å². The van der Waals surface area contributed by atoms with Crippen molar-refractivity contribution >= 4 is 22.4 Å². The minimum absolute atomic E-state index is 0.115. The molecule has 1 N–H and O–H groups in total. The number of benzene rings is 1. The number of carbonyl (C=O) groups is 1. The molecule has 0 aliphatic carbocycles. The summed E-state index contributed by atoms with van der Waals surface area (Å²) in [6.45, 7) is 1.30. The third-order valence-corrected chi connectivity index (χ3v) is 3.97. The van der Waals surface area contributed by atoms with Gasteiger partial charge in [0.1, 0.15) is 12.7 Å². The molecule has 0 spiro atoms. The van der Waals surface area contributed by atoms with Crippen LogP contribution in [0.2, 0.25) is 0 Å². The van der Waals surface area contributed by atoms with Crippen molar-refractivity contribution < 1.29 is 31.5 Å². The molecule has 4 nitrogen and oxygen atoms in total. The second kappa shape index (κ2) is 7.44. The van der Waals surface area contributed by atoms with E-state index in [1.54, 1.807) is 6.92 Å². The smallest absolute Gasteiger partial charge is 0.359 e. The quantitative estimate of drug-likeness (QED) is 0.787. The van der Waals surface area contributed by atoms with Crippen molar-refractivity contribution in [1.29, 1.82) is 0 Å². The van der Waals surface area contributed by atoms with Crippen molar-refractivity contribution in [3.05, 3.63) is 34.7 Å². The summed E-state index contributed by atoms with van der Waals surface area (Å²) in [6, 6.07) is 3.26. The highest BCUT2D eigenvalue weighted by atomic mass is 32.1. The Morgan fingerprint density at radius 1 is 1.32 bits per heavy atom. The lowest BCUT2D eigenvalue weighted by Gasteiger charge is -2.13. The first-order valence-electron chi connectivity index (χ1n) is 6.99. The second-order valence-corrected chi connectivity index (χ2v) is 6.31. The van der Waals surface area contributed by atoms with Gasteiger partial charge in [-0.15, -0.1) is 11.3 Å². The molecule has 0 saturated heterocycles. The predicted molar refractivity (Wildman–Crippen MR) is 82.3 cm³/mol. The number of nitrogens with one attached hydrogen (secondary N) is 1. The van der Waals surface area contributed by atoms with Gasteiger partial charge in [-0.3, -0.25) is 10.1 Å². The lowest BCUT2D eigenvalue weighted by Crippen LogP contribution is -2.31. The van der Waals surface area contributed by atoms with Crippen molar-refractivity contribution in [3.63, 3.8) is 0 Å². The molecule has 0 saturated carbocycles. The summed E-state index contributed by atoms with van der Waals surface area (Å²) in [7, 11) is 0. The SMILES string of the molecule is Cc1sc(NC(=O)C(C)OCC(F)(F)F)nc1-c1ccc(F)c(F)c1. The molecular weight excluding hydrogens is 367 g/mol. The van der Waals surface area contributed by atoms with Crippen molar-refractivity contribution in [2.45, 2.75) is 26.1 Å². The van der Waals surface area contributed by atoms with E-state index in [2.05, 4.69) is 15.0 Å². The van der Waals surface area contributed by atoms with Gasteiger partial charge in [0, 0.05) is 10.4 Å². The van der Waals surface area contributed by atoms with E-state index in [4.69, 9.17) is 0 Å². The van der Waals surface area contributed by atoms with Crippen molar-refractivity contribution in [3.8, 4) is 11.3 Å². The third kappa shape index (κ3) is 5.20. The van der Waals surface area contributed by atoms with Crippen LogP contribution in [0.3, 0.4) is 0 Å². The molecule has 0 aliphatic heterocycles. The minimum Gasteiger partial charge on any atom is -0.359 e. The fraction of sp³-hybridized carbons (Fsp3) is 0.333. The zero-order chi connectivity index (χ0) is 18.8. The summed E-state index contributed by atoms with van der Waals surface area (Å²) in [4.78, 5) is 16.6. The molecule has 0 aliphatic rings. The molecule has 25 heavy (non-hydrogen) atoms. The molecule has 1 unspecified atom stereocenters. The van der Waals surface area contributed by atoms with E-state index in [1.807, 2.05) is 0 Å². The first-order chi connectivity index (χ1) is 11.6. The Morgan fingerprint density at radius 2 is 2.00 bits per heavy atom. The highest BCUT2D eigenvalue weighted by molar-refractivity contribution is 7.16. The maximum absolute atomic E-state index is 13.3. The van der Waals surface area contributed by atoms with Gasteiger partial charge in [0.2, 0.25) is 0 Å². The van der Waals surface area contributed by atoms with Gasteiger partial charge in [-0.2, -0.15) is 13.2 Å². The van der Waals surface area contributed by atoms with Gasteiger partial charge in [0.15, 0.2) is 16.8 Å². The number of nitrogens with zero attached hydrogens (tertiary/aromatic N) is 1. The number of aryl methyl sites for hydroxylation is 1. The van der Waals surface area contributed by atoms with Crippen LogP contribution in [0.5, 0.6) is 0 Å². The molecule has 1 aromatic carbocycles. The van der Waals surface area contributed by atoms with E-state index in [9.17, 15) is 26.7 Å². The highest BCUT2D eigenvalue weighted by Crippen LogP contribution is 2.31. The van der Waals surface area contributed by atoms with Crippen molar-refractivity contribution in [2.24, 2.45) is 0 Å². The summed E-state index contributed by atoms with van der Waals surface area (Å²) in [5.74, 6) is -2.83. The summed E-state index contributed by atoms with van der Waals surface area (Å²) < 4.78 is 67.0. The normalized spacial score (nSPS) is 12.9. The van der Waals surface area contributed by atoms with Crippen LogP contribution in [0.15, 0.2) is 18.2 Å². The third-order valence-electron chi connectivity index (χ3n) is 3.09. The molecule has 10 heteroatoms. The summed E-state index contributed by atoms with van der Waals surface area (Å²) in [6.07, 6.45) is -5.87. The fourth-order valence-corrected chi connectivity index (χ4v) is 2.70. The zero-order valence-electron chi connectivity index (χ0n) is 13.1. The number of anilines is 1. The van der Waals surface area contributed by atoms with Gasteiger partial charge in [-0.05, 0) is 32.0 Å². The minimum atomic E-state index is -4.54. The maximum atomic E-state index is 13.3. The molecule has 1 amide bonds. The first kappa shape index (κ1) is 19.3. The fourth-order valence-electron chi connectivity index (χ4n) is 1.86. The van der Waals surface area contributed by atoms with E-state index in [0.717, 1.165) is 23.5 Å². The molecule has 1 aromatic heterocycles. The number of thiazole rings is 1. The summed E-state index contributed by atoms with van der Waals surface area (Å²) >= 11 is 1.05. The van der Waals surface area contributed by atoms with Gasteiger partial charge in [-0.25, -0.2) is 13.8 Å². The van der Waals surface area contributed by atoms with E-state index in [-0.39, 0.29) is 5.13 Å². The van der Waals surface area contributed by atoms with Crippen LogP contribution in [-0.4, -0.2) is 29.8 Å². The van der Waals surface area contributed by atoms with Crippen LogP contribution in [0.1, 0.15) is 11.8 Å².